The zero-order chi connectivity index (χ0) is 23.3. The van der Waals surface area contributed by atoms with Crippen molar-refractivity contribution in [2.45, 2.75) is 56.8 Å². The molecule has 1 atom stereocenters. The van der Waals surface area contributed by atoms with Crippen LogP contribution in [0.5, 0.6) is 0 Å². The van der Waals surface area contributed by atoms with Gasteiger partial charge in [0.1, 0.15) is 11.9 Å². The van der Waals surface area contributed by atoms with Crippen molar-refractivity contribution in [2.75, 3.05) is 13.1 Å². The first-order valence-corrected chi connectivity index (χ1v) is 11.8. The third-order valence-corrected chi connectivity index (χ3v) is 6.91. The Morgan fingerprint density at radius 2 is 1.70 bits per heavy atom. The molecule has 1 saturated carbocycles. The number of nitrogens with zero attached hydrogens (tertiary/aromatic N) is 1. The smallest absolute Gasteiger partial charge is 0.343 e. The molecular weight excluding hydrogens is 421 g/mol. The zero-order valence-corrected chi connectivity index (χ0v) is 18.8. The van der Waals surface area contributed by atoms with Gasteiger partial charge < -0.3 is 20.1 Å². The van der Waals surface area contributed by atoms with Gasteiger partial charge in [-0.05, 0) is 24.5 Å². The molecule has 2 aromatic rings. The molecule has 33 heavy (non-hydrogen) atoms. The number of nitrogens with one attached hydrogen (secondary N) is 2. The molecule has 4 rings (SSSR count). The average molecular weight is 454 g/mol. The third-order valence-electron chi connectivity index (χ3n) is 6.91. The molecule has 1 aliphatic carbocycles. The minimum Gasteiger partial charge on any atom is -0.460 e. The molecule has 0 spiro atoms. The number of piperidine rings is 1. The van der Waals surface area contributed by atoms with E-state index < -0.39 is 11.6 Å². The molecule has 3 N–H and O–H groups in total. The zero-order valence-electron chi connectivity index (χ0n) is 18.8. The van der Waals surface area contributed by atoms with Gasteiger partial charge in [0.25, 0.3) is 0 Å². The number of benzene rings is 2. The summed E-state index contributed by atoms with van der Waals surface area (Å²) in [5.41, 5.74) is -0.514. The maximum atomic E-state index is 13.8. The minimum atomic E-state index is -1.62. The van der Waals surface area contributed by atoms with Gasteiger partial charge in [0.15, 0.2) is 11.6 Å². The van der Waals surface area contributed by atoms with Gasteiger partial charge in [-0.25, -0.2) is 9.18 Å². The Morgan fingerprint density at radius 1 is 1.06 bits per heavy atom. The van der Waals surface area contributed by atoms with E-state index in [1.165, 1.54) is 6.07 Å². The van der Waals surface area contributed by atoms with E-state index >= 15 is 0 Å². The number of guanidine groups is 1. The highest BCUT2D eigenvalue weighted by atomic mass is 19.1. The summed E-state index contributed by atoms with van der Waals surface area (Å²) in [6.07, 6.45) is 4.48. The van der Waals surface area contributed by atoms with Crippen molar-refractivity contribution in [3.8, 4) is 0 Å². The summed E-state index contributed by atoms with van der Waals surface area (Å²) in [4.78, 5) is 15.1. The summed E-state index contributed by atoms with van der Waals surface area (Å²) in [7, 11) is 0. The van der Waals surface area contributed by atoms with Crippen molar-refractivity contribution in [1.82, 2.24) is 10.2 Å². The Bertz CT molecular complexity index is 956. The highest BCUT2D eigenvalue weighted by molar-refractivity contribution is 5.82. The summed E-state index contributed by atoms with van der Waals surface area (Å²) in [6.45, 7) is 1.34. The van der Waals surface area contributed by atoms with Crippen LogP contribution in [-0.2, 0) is 21.7 Å². The second-order valence-corrected chi connectivity index (χ2v) is 9.00. The Labute approximate surface area is 194 Å². The molecule has 0 unspecified atom stereocenters. The first kappa shape index (κ1) is 23.2. The highest BCUT2D eigenvalue weighted by Gasteiger charge is 2.48. The molecule has 2 aromatic carbocycles. The number of carbonyl (C=O) groups is 1. The second kappa shape index (κ2) is 10.3. The van der Waals surface area contributed by atoms with E-state index in [1.54, 1.807) is 30.3 Å². The van der Waals surface area contributed by atoms with Gasteiger partial charge in [0.05, 0.1) is 0 Å². The Balaban J connectivity index is 1.32. The summed E-state index contributed by atoms with van der Waals surface area (Å²) in [5, 5.41) is 22.8. The molecule has 7 heteroatoms. The van der Waals surface area contributed by atoms with E-state index in [2.05, 4.69) is 5.32 Å². The molecule has 1 aliphatic heterocycles. The van der Waals surface area contributed by atoms with Gasteiger partial charge in [-0.3, -0.25) is 5.41 Å². The van der Waals surface area contributed by atoms with E-state index in [0.29, 0.717) is 37.1 Å². The number of halogens is 1. The summed E-state index contributed by atoms with van der Waals surface area (Å²) >= 11 is 0. The lowest BCUT2D eigenvalue weighted by atomic mass is 9.80. The van der Waals surface area contributed by atoms with Crippen LogP contribution in [0.15, 0.2) is 54.6 Å². The monoisotopic (exact) mass is 453 g/mol. The molecule has 2 aliphatic rings. The van der Waals surface area contributed by atoms with Gasteiger partial charge in [0, 0.05) is 44.0 Å². The van der Waals surface area contributed by atoms with Crippen LogP contribution < -0.4 is 5.32 Å². The number of esters is 1. The molecule has 1 saturated heterocycles. The van der Waals surface area contributed by atoms with Crippen molar-refractivity contribution in [2.24, 2.45) is 5.92 Å². The van der Waals surface area contributed by atoms with Gasteiger partial charge in [-0.1, -0.05) is 61.4 Å². The van der Waals surface area contributed by atoms with Crippen LogP contribution in [0.3, 0.4) is 0 Å². The van der Waals surface area contributed by atoms with Gasteiger partial charge in [-0.2, -0.15) is 0 Å². The predicted octanol–water partition coefficient (Wildman–Crippen LogP) is 3.94. The maximum absolute atomic E-state index is 13.8. The number of hydrogen-bond donors (Lipinski definition) is 3. The quantitative estimate of drug-likeness (QED) is 0.351. The fourth-order valence-electron chi connectivity index (χ4n) is 4.93. The lowest BCUT2D eigenvalue weighted by Gasteiger charge is -2.37. The van der Waals surface area contributed by atoms with E-state index in [9.17, 15) is 14.3 Å². The Morgan fingerprint density at radius 3 is 2.36 bits per heavy atom. The Kier molecular flexibility index (Phi) is 7.28. The largest absolute Gasteiger partial charge is 0.460 e. The number of ether oxygens (including phenoxy) is 1. The SMILES string of the molecule is N=C(NCc1ccccc1F)N1CCC(OC(=O)[C@](O)(c2ccccc2)C2CCCC2)CC1. The minimum absolute atomic E-state index is 0.136. The van der Waals surface area contributed by atoms with Crippen LogP contribution >= 0.6 is 0 Å². The number of likely N-dealkylation sites (tertiary alicyclic amines) is 1. The van der Waals surface area contributed by atoms with Crippen molar-refractivity contribution >= 4 is 11.9 Å². The number of hydrogen-bond acceptors (Lipinski definition) is 4. The molecule has 2 fully saturated rings. The molecule has 1 heterocycles. The van der Waals surface area contributed by atoms with Crippen LogP contribution in [-0.4, -0.2) is 41.1 Å². The fraction of sp³-hybridized carbons (Fsp3) is 0.462. The molecule has 6 nitrogen and oxygen atoms in total. The number of carbonyl (C=O) groups excluding carboxylic acids is 1. The third kappa shape index (κ3) is 5.19. The van der Waals surface area contributed by atoms with Crippen LogP contribution in [0.2, 0.25) is 0 Å². The predicted molar refractivity (Wildman–Crippen MR) is 124 cm³/mol. The summed E-state index contributed by atoms with van der Waals surface area (Å²) in [5.74, 6) is -0.763. The second-order valence-electron chi connectivity index (χ2n) is 9.00. The average Bonchev–Trinajstić information content (AvgIpc) is 3.39. The fourth-order valence-corrected chi connectivity index (χ4v) is 4.93. The molecule has 176 valence electrons. The molecule has 0 aromatic heterocycles. The first-order chi connectivity index (χ1) is 16.0. The van der Waals surface area contributed by atoms with Crippen LogP contribution in [0, 0.1) is 17.1 Å². The van der Waals surface area contributed by atoms with E-state index in [-0.39, 0.29) is 30.3 Å². The topological polar surface area (TPSA) is 85.7 Å². The van der Waals surface area contributed by atoms with E-state index in [4.69, 9.17) is 10.1 Å². The van der Waals surface area contributed by atoms with E-state index in [0.717, 1.165) is 25.7 Å². The highest BCUT2D eigenvalue weighted by Crippen LogP contribution is 2.42. The molecule has 0 radical (unpaired) electrons. The van der Waals surface area contributed by atoms with Crippen LogP contribution in [0.1, 0.15) is 49.7 Å². The van der Waals surface area contributed by atoms with Gasteiger partial charge in [-0.15, -0.1) is 0 Å². The lowest BCUT2D eigenvalue weighted by Crippen LogP contribution is -2.49. The lowest BCUT2D eigenvalue weighted by molar-refractivity contribution is -0.181. The standard InChI is InChI=1S/C26H32FN3O3/c27-23-13-7-4-8-19(23)18-29-25(28)30-16-14-22(15-17-30)33-24(31)26(32,21-11-5-6-12-21)20-9-2-1-3-10-20/h1-4,7-10,13,21-22,32H,5-6,11-12,14-18H2,(H2,28,29)/t26-/m0/s1. The molecule has 0 bridgehead atoms. The number of rotatable bonds is 6. The van der Waals surface area contributed by atoms with Crippen molar-refractivity contribution in [3.05, 3.63) is 71.5 Å². The van der Waals surface area contributed by atoms with Crippen molar-refractivity contribution in [1.29, 1.82) is 5.41 Å². The van der Waals surface area contributed by atoms with Crippen molar-refractivity contribution in [3.63, 3.8) is 0 Å². The Hall–Kier alpha value is -2.93. The molecular formula is C26H32FN3O3. The van der Waals surface area contributed by atoms with Crippen LogP contribution in [0.4, 0.5) is 4.39 Å². The summed E-state index contributed by atoms with van der Waals surface area (Å²) < 4.78 is 19.6. The number of aliphatic hydroxyl groups is 1. The first-order valence-electron chi connectivity index (χ1n) is 11.8. The van der Waals surface area contributed by atoms with E-state index in [1.807, 2.05) is 23.1 Å². The normalized spacial score (nSPS) is 19.2. The molecule has 0 amide bonds. The summed E-state index contributed by atoms with van der Waals surface area (Å²) in [6, 6.07) is 15.6. The van der Waals surface area contributed by atoms with Crippen molar-refractivity contribution < 1.29 is 19.0 Å². The van der Waals surface area contributed by atoms with Gasteiger partial charge >= 0.3 is 5.97 Å². The maximum Gasteiger partial charge on any atom is 0.343 e. The van der Waals surface area contributed by atoms with Gasteiger partial charge in [0.2, 0.25) is 0 Å². The van der Waals surface area contributed by atoms with Crippen LogP contribution in [0.25, 0.3) is 0 Å².